The van der Waals surface area contributed by atoms with E-state index in [1.165, 1.54) is 29.0 Å². The normalized spacial score (nSPS) is 30.1. The SMILES string of the molecule is CC1CC(C)(C)CC1C(O)c1c(C2CC2)sc2cncn12. The molecule has 2 aliphatic rings. The first-order valence-corrected chi connectivity index (χ1v) is 8.90. The second-order valence-electron chi connectivity index (χ2n) is 7.89. The van der Waals surface area contributed by atoms with Crippen molar-refractivity contribution in [3.05, 3.63) is 23.1 Å². The lowest BCUT2D eigenvalue weighted by Gasteiger charge is -2.23. The van der Waals surface area contributed by atoms with Gasteiger partial charge in [0, 0.05) is 4.88 Å². The predicted molar refractivity (Wildman–Crippen MR) is 85.7 cm³/mol. The van der Waals surface area contributed by atoms with Gasteiger partial charge in [-0.05, 0) is 48.9 Å². The summed E-state index contributed by atoms with van der Waals surface area (Å²) < 4.78 is 2.14. The monoisotopic (exact) mass is 304 g/mol. The highest BCUT2D eigenvalue weighted by Gasteiger charge is 2.43. The van der Waals surface area contributed by atoms with Crippen molar-refractivity contribution >= 4 is 16.2 Å². The number of aliphatic hydroxyl groups excluding tert-OH is 1. The van der Waals surface area contributed by atoms with Crippen LogP contribution in [0.25, 0.3) is 4.83 Å². The number of aromatic nitrogens is 2. The third-order valence-electron chi connectivity index (χ3n) is 5.36. The summed E-state index contributed by atoms with van der Waals surface area (Å²) >= 11 is 1.83. The van der Waals surface area contributed by atoms with Crippen LogP contribution in [0, 0.1) is 17.3 Å². The number of thiazole rings is 1. The number of nitrogens with zero attached hydrogens (tertiary/aromatic N) is 2. The molecule has 2 aromatic rings. The fourth-order valence-corrected chi connectivity index (χ4v) is 5.63. The van der Waals surface area contributed by atoms with Gasteiger partial charge in [0.2, 0.25) is 0 Å². The van der Waals surface area contributed by atoms with E-state index in [1.54, 1.807) is 0 Å². The number of fused-ring (bicyclic) bond motifs is 1. The van der Waals surface area contributed by atoms with Crippen molar-refractivity contribution in [1.29, 1.82) is 0 Å². The summed E-state index contributed by atoms with van der Waals surface area (Å²) in [7, 11) is 0. The van der Waals surface area contributed by atoms with Crippen LogP contribution in [-0.4, -0.2) is 14.5 Å². The first-order chi connectivity index (χ1) is 9.96. The third-order valence-corrected chi connectivity index (χ3v) is 6.63. The largest absolute Gasteiger partial charge is 0.387 e. The summed E-state index contributed by atoms with van der Waals surface area (Å²) in [6.45, 7) is 6.97. The molecule has 0 aromatic carbocycles. The summed E-state index contributed by atoms with van der Waals surface area (Å²) in [6.07, 6.45) is 8.34. The summed E-state index contributed by atoms with van der Waals surface area (Å²) in [5.74, 6) is 1.64. The molecule has 0 bridgehead atoms. The lowest BCUT2D eigenvalue weighted by Crippen LogP contribution is -2.18. The minimum absolute atomic E-state index is 0.347. The maximum Gasteiger partial charge on any atom is 0.120 e. The van der Waals surface area contributed by atoms with E-state index < -0.39 is 0 Å². The Bertz CT molecular complexity index is 667. The molecule has 2 aliphatic carbocycles. The maximum atomic E-state index is 11.1. The quantitative estimate of drug-likeness (QED) is 0.913. The van der Waals surface area contributed by atoms with Crippen LogP contribution < -0.4 is 0 Å². The highest BCUT2D eigenvalue weighted by Crippen LogP contribution is 2.53. The Labute approximate surface area is 130 Å². The molecule has 3 unspecified atom stereocenters. The molecule has 4 heteroatoms. The smallest absolute Gasteiger partial charge is 0.120 e. The van der Waals surface area contributed by atoms with Crippen molar-refractivity contribution in [2.24, 2.45) is 17.3 Å². The molecule has 114 valence electrons. The molecule has 4 rings (SSSR count). The molecule has 0 saturated heterocycles. The highest BCUT2D eigenvalue weighted by molar-refractivity contribution is 7.17. The number of aliphatic hydroxyl groups is 1. The average molecular weight is 304 g/mol. The fourth-order valence-electron chi connectivity index (χ4n) is 4.32. The van der Waals surface area contributed by atoms with E-state index in [0.717, 1.165) is 12.1 Å². The topological polar surface area (TPSA) is 37.5 Å². The molecule has 1 N–H and O–H groups in total. The predicted octanol–water partition coefficient (Wildman–Crippen LogP) is 4.38. The van der Waals surface area contributed by atoms with Gasteiger partial charge in [0.05, 0.1) is 18.0 Å². The van der Waals surface area contributed by atoms with Crippen LogP contribution in [0.15, 0.2) is 12.5 Å². The molecule has 0 radical (unpaired) electrons. The van der Waals surface area contributed by atoms with Gasteiger partial charge < -0.3 is 5.11 Å². The van der Waals surface area contributed by atoms with Gasteiger partial charge in [-0.15, -0.1) is 11.3 Å². The summed E-state index contributed by atoms with van der Waals surface area (Å²) in [5, 5.41) is 11.1. The van der Waals surface area contributed by atoms with Crippen LogP contribution >= 0.6 is 11.3 Å². The second kappa shape index (κ2) is 4.56. The standard InChI is InChI=1S/C17H24N2OS/c1-10-6-17(2,3)7-12(10)15(20)14-16(11-4-5-11)21-13-8-18-9-19(13)14/h8-12,15,20H,4-7H2,1-3H3. The van der Waals surface area contributed by atoms with Crippen LogP contribution in [0.2, 0.25) is 0 Å². The molecular formula is C17H24N2OS. The van der Waals surface area contributed by atoms with Gasteiger partial charge in [-0.25, -0.2) is 4.98 Å². The van der Waals surface area contributed by atoms with Gasteiger partial charge >= 0.3 is 0 Å². The van der Waals surface area contributed by atoms with E-state index in [4.69, 9.17) is 0 Å². The highest BCUT2D eigenvalue weighted by atomic mass is 32.1. The van der Waals surface area contributed by atoms with Crippen molar-refractivity contribution in [3.63, 3.8) is 0 Å². The molecular weight excluding hydrogens is 280 g/mol. The Morgan fingerprint density at radius 1 is 1.38 bits per heavy atom. The van der Waals surface area contributed by atoms with Gasteiger partial charge in [-0.3, -0.25) is 4.40 Å². The number of rotatable bonds is 3. The van der Waals surface area contributed by atoms with Gasteiger partial charge in [0.15, 0.2) is 0 Å². The summed E-state index contributed by atoms with van der Waals surface area (Å²) in [4.78, 5) is 6.85. The maximum absolute atomic E-state index is 11.1. The Hall–Kier alpha value is -0.870. The van der Waals surface area contributed by atoms with Crippen molar-refractivity contribution in [3.8, 4) is 0 Å². The number of hydrogen-bond acceptors (Lipinski definition) is 3. The fraction of sp³-hybridized carbons (Fsp3) is 0.706. The first-order valence-electron chi connectivity index (χ1n) is 8.09. The van der Waals surface area contributed by atoms with Crippen molar-refractivity contribution < 1.29 is 5.11 Å². The molecule has 3 nitrogen and oxygen atoms in total. The van der Waals surface area contributed by atoms with Gasteiger partial charge in [-0.2, -0.15) is 0 Å². The van der Waals surface area contributed by atoms with Crippen LogP contribution in [-0.2, 0) is 0 Å². The van der Waals surface area contributed by atoms with Crippen LogP contribution in [0.5, 0.6) is 0 Å². The minimum atomic E-state index is -0.347. The van der Waals surface area contributed by atoms with Crippen LogP contribution in [0.4, 0.5) is 0 Å². The lowest BCUT2D eigenvalue weighted by atomic mass is 9.87. The molecule has 2 fully saturated rings. The van der Waals surface area contributed by atoms with Crippen LogP contribution in [0.1, 0.15) is 69.0 Å². The number of imidazole rings is 1. The first kappa shape index (κ1) is 13.8. The summed E-state index contributed by atoms with van der Waals surface area (Å²) in [6, 6.07) is 0. The van der Waals surface area contributed by atoms with Gasteiger partial charge in [0.1, 0.15) is 11.2 Å². The zero-order valence-electron chi connectivity index (χ0n) is 13.0. The average Bonchev–Trinajstić information content (AvgIpc) is 2.93. The molecule has 0 aliphatic heterocycles. The number of hydrogen-bond donors (Lipinski definition) is 1. The van der Waals surface area contributed by atoms with E-state index in [2.05, 4.69) is 30.2 Å². The molecule has 2 saturated carbocycles. The Kier molecular flexibility index (Phi) is 2.99. The Morgan fingerprint density at radius 3 is 2.76 bits per heavy atom. The molecule has 2 aromatic heterocycles. The van der Waals surface area contributed by atoms with E-state index in [1.807, 2.05) is 23.9 Å². The summed E-state index contributed by atoms with van der Waals surface area (Å²) in [5.41, 5.74) is 1.50. The van der Waals surface area contributed by atoms with Gasteiger partial charge in [-0.1, -0.05) is 20.8 Å². The van der Waals surface area contributed by atoms with Gasteiger partial charge in [0.25, 0.3) is 0 Å². The molecule has 0 amide bonds. The minimum Gasteiger partial charge on any atom is -0.387 e. The van der Waals surface area contributed by atoms with Crippen molar-refractivity contribution in [1.82, 2.24) is 9.38 Å². The zero-order valence-corrected chi connectivity index (χ0v) is 13.9. The zero-order chi connectivity index (χ0) is 14.8. The Morgan fingerprint density at radius 2 is 2.14 bits per heavy atom. The lowest BCUT2D eigenvalue weighted by molar-refractivity contribution is 0.0816. The van der Waals surface area contributed by atoms with E-state index in [0.29, 0.717) is 23.2 Å². The van der Waals surface area contributed by atoms with E-state index >= 15 is 0 Å². The Balaban J connectivity index is 1.75. The van der Waals surface area contributed by atoms with Crippen molar-refractivity contribution in [2.45, 2.75) is 58.5 Å². The van der Waals surface area contributed by atoms with E-state index in [-0.39, 0.29) is 6.10 Å². The molecule has 2 heterocycles. The molecule has 0 spiro atoms. The molecule has 3 atom stereocenters. The van der Waals surface area contributed by atoms with Crippen molar-refractivity contribution in [2.75, 3.05) is 0 Å². The second-order valence-corrected chi connectivity index (χ2v) is 8.95. The van der Waals surface area contributed by atoms with Crippen LogP contribution in [0.3, 0.4) is 0 Å². The van der Waals surface area contributed by atoms with E-state index in [9.17, 15) is 5.11 Å². The molecule has 21 heavy (non-hydrogen) atoms. The third kappa shape index (κ3) is 2.23.